The van der Waals surface area contributed by atoms with E-state index < -0.39 is 0 Å². The van der Waals surface area contributed by atoms with Crippen molar-refractivity contribution in [2.45, 2.75) is 26.2 Å². The maximum absolute atomic E-state index is 6.28. The molecule has 3 rings (SSSR count). The van der Waals surface area contributed by atoms with Gasteiger partial charge in [0.2, 0.25) is 0 Å². The van der Waals surface area contributed by atoms with Crippen molar-refractivity contribution in [3.05, 3.63) is 52.8 Å². The molecule has 0 atom stereocenters. The van der Waals surface area contributed by atoms with E-state index in [9.17, 15) is 0 Å². The van der Waals surface area contributed by atoms with Crippen LogP contribution in [-0.4, -0.2) is 16.5 Å². The Labute approximate surface area is 135 Å². The molecule has 1 aromatic carbocycles. The number of pyridine rings is 1. The molecule has 0 radical (unpaired) electrons. The monoisotopic (exact) mass is 313 g/mol. The predicted molar refractivity (Wildman–Crippen MR) is 93.3 cm³/mol. The zero-order valence-corrected chi connectivity index (χ0v) is 13.5. The zero-order chi connectivity index (χ0) is 15.5. The summed E-state index contributed by atoms with van der Waals surface area (Å²) in [5.41, 5.74) is 11.5. The first-order valence-corrected chi connectivity index (χ1v) is 8.00. The highest BCUT2D eigenvalue weighted by atomic mass is 35.5. The van der Waals surface area contributed by atoms with Crippen molar-refractivity contribution in [2.24, 2.45) is 5.73 Å². The number of aromatic amines is 1. The van der Waals surface area contributed by atoms with Gasteiger partial charge in [-0.15, -0.1) is 0 Å². The molecule has 3 aromatic rings. The number of unbranched alkanes of at least 4 members (excludes halogenated alkanes) is 1. The van der Waals surface area contributed by atoms with Crippen LogP contribution in [-0.2, 0) is 6.42 Å². The highest BCUT2D eigenvalue weighted by Gasteiger charge is 2.15. The maximum atomic E-state index is 6.28. The predicted octanol–water partition coefficient (Wildman–Crippen LogP) is 4.47. The summed E-state index contributed by atoms with van der Waals surface area (Å²) in [7, 11) is 0. The van der Waals surface area contributed by atoms with Gasteiger partial charge in [-0.25, -0.2) is 0 Å². The van der Waals surface area contributed by atoms with E-state index >= 15 is 0 Å². The molecule has 2 aromatic heterocycles. The van der Waals surface area contributed by atoms with E-state index in [4.69, 9.17) is 17.3 Å². The van der Waals surface area contributed by atoms with Crippen molar-refractivity contribution in [3.63, 3.8) is 0 Å². The van der Waals surface area contributed by atoms with Gasteiger partial charge in [-0.1, -0.05) is 17.7 Å². The van der Waals surface area contributed by atoms with Gasteiger partial charge in [-0.3, -0.25) is 4.98 Å². The van der Waals surface area contributed by atoms with Gasteiger partial charge in [-0.05, 0) is 62.1 Å². The molecule has 22 heavy (non-hydrogen) atoms. The van der Waals surface area contributed by atoms with Crippen LogP contribution >= 0.6 is 11.6 Å². The maximum Gasteiger partial charge on any atom is 0.0506 e. The number of aromatic nitrogens is 2. The third-order valence-electron chi connectivity index (χ3n) is 4.13. The largest absolute Gasteiger partial charge is 0.354 e. The molecule has 0 amide bonds. The number of rotatable bonds is 5. The van der Waals surface area contributed by atoms with Crippen molar-refractivity contribution >= 4 is 22.5 Å². The smallest absolute Gasteiger partial charge is 0.0506 e. The molecule has 0 saturated carbocycles. The second-order valence-corrected chi connectivity index (χ2v) is 5.96. The minimum absolute atomic E-state index is 0.734. The highest BCUT2D eigenvalue weighted by molar-refractivity contribution is 6.32. The van der Waals surface area contributed by atoms with Gasteiger partial charge in [0.1, 0.15) is 0 Å². The van der Waals surface area contributed by atoms with Crippen molar-refractivity contribution in [1.29, 1.82) is 0 Å². The van der Waals surface area contributed by atoms with E-state index in [1.807, 2.05) is 30.6 Å². The van der Waals surface area contributed by atoms with E-state index in [0.29, 0.717) is 0 Å². The van der Waals surface area contributed by atoms with Crippen LogP contribution in [0.3, 0.4) is 0 Å². The molecule has 0 unspecified atom stereocenters. The summed E-state index contributed by atoms with van der Waals surface area (Å²) in [6, 6.07) is 8.17. The van der Waals surface area contributed by atoms with Crippen LogP contribution in [0, 0.1) is 6.92 Å². The molecular formula is C18H20ClN3. The summed E-state index contributed by atoms with van der Waals surface area (Å²) < 4.78 is 0. The Hall–Kier alpha value is -1.84. The average Bonchev–Trinajstić information content (AvgIpc) is 2.92. The molecule has 0 spiro atoms. The number of nitrogens with one attached hydrogen (secondary N) is 1. The van der Waals surface area contributed by atoms with Gasteiger partial charge in [0.15, 0.2) is 0 Å². The summed E-state index contributed by atoms with van der Waals surface area (Å²) in [4.78, 5) is 7.68. The van der Waals surface area contributed by atoms with Crippen LogP contribution in [0.4, 0.5) is 0 Å². The minimum Gasteiger partial charge on any atom is -0.354 e. The number of nitrogens with two attached hydrogens (primary N) is 1. The first-order chi connectivity index (χ1) is 10.7. The minimum atomic E-state index is 0.734. The Kier molecular flexibility index (Phi) is 4.46. The first-order valence-electron chi connectivity index (χ1n) is 7.62. The lowest BCUT2D eigenvalue weighted by Crippen LogP contribution is -1.99. The molecule has 0 bridgehead atoms. The van der Waals surface area contributed by atoms with E-state index in [0.717, 1.165) is 47.5 Å². The fourth-order valence-electron chi connectivity index (χ4n) is 2.90. The molecule has 4 heteroatoms. The lowest BCUT2D eigenvalue weighted by atomic mass is 10.00. The normalized spacial score (nSPS) is 11.2. The number of hydrogen-bond acceptors (Lipinski definition) is 2. The fraction of sp³-hybridized carbons (Fsp3) is 0.278. The number of H-pyrrole nitrogens is 1. The third kappa shape index (κ3) is 2.74. The Bertz CT molecular complexity index is 778. The number of benzene rings is 1. The number of nitrogens with zero attached hydrogens (tertiary/aromatic N) is 1. The molecule has 0 aliphatic carbocycles. The highest BCUT2D eigenvalue weighted by Crippen LogP contribution is 2.35. The molecule has 0 aliphatic heterocycles. The van der Waals surface area contributed by atoms with Gasteiger partial charge in [-0.2, -0.15) is 0 Å². The standard InChI is InChI=1S/C18H20ClN3/c1-12-16(19)6-5-15-14(4-2-3-9-20)18(22-17(12)15)13-7-10-21-11-8-13/h5-8,10-11,22H,2-4,9,20H2,1H3. The van der Waals surface area contributed by atoms with Crippen LogP contribution in [0.5, 0.6) is 0 Å². The van der Waals surface area contributed by atoms with Crippen molar-refractivity contribution in [2.75, 3.05) is 6.54 Å². The quantitative estimate of drug-likeness (QED) is 0.683. The lowest BCUT2D eigenvalue weighted by Gasteiger charge is -2.05. The van der Waals surface area contributed by atoms with Crippen LogP contribution in [0.15, 0.2) is 36.7 Å². The van der Waals surface area contributed by atoms with E-state index in [2.05, 4.69) is 23.0 Å². The molecular weight excluding hydrogens is 294 g/mol. The Morgan fingerprint density at radius 2 is 1.91 bits per heavy atom. The van der Waals surface area contributed by atoms with E-state index in [-0.39, 0.29) is 0 Å². The molecule has 3 N–H and O–H groups in total. The number of halogens is 1. The topological polar surface area (TPSA) is 54.7 Å². The van der Waals surface area contributed by atoms with Gasteiger partial charge in [0.05, 0.1) is 5.52 Å². The summed E-state index contributed by atoms with van der Waals surface area (Å²) in [5, 5.41) is 2.05. The second kappa shape index (κ2) is 6.51. The summed E-state index contributed by atoms with van der Waals surface area (Å²) >= 11 is 6.28. The van der Waals surface area contributed by atoms with Crippen LogP contribution < -0.4 is 5.73 Å². The molecule has 0 aliphatic rings. The van der Waals surface area contributed by atoms with Gasteiger partial charge in [0, 0.05) is 34.1 Å². The zero-order valence-electron chi connectivity index (χ0n) is 12.7. The Balaban J connectivity index is 2.16. The van der Waals surface area contributed by atoms with Gasteiger partial charge < -0.3 is 10.7 Å². The van der Waals surface area contributed by atoms with Gasteiger partial charge >= 0.3 is 0 Å². The molecule has 114 valence electrons. The average molecular weight is 314 g/mol. The van der Waals surface area contributed by atoms with E-state index in [1.54, 1.807) is 0 Å². The second-order valence-electron chi connectivity index (χ2n) is 5.56. The molecule has 2 heterocycles. The van der Waals surface area contributed by atoms with E-state index in [1.165, 1.54) is 16.6 Å². The molecule has 0 saturated heterocycles. The van der Waals surface area contributed by atoms with Crippen molar-refractivity contribution in [3.8, 4) is 11.3 Å². The van der Waals surface area contributed by atoms with Gasteiger partial charge in [0.25, 0.3) is 0 Å². The van der Waals surface area contributed by atoms with Crippen molar-refractivity contribution < 1.29 is 0 Å². The summed E-state index contributed by atoms with van der Waals surface area (Å²) in [6.07, 6.45) is 6.78. The number of fused-ring (bicyclic) bond motifs is 1. The third-order valence-corrected chi connectivity index (χ3v) is 4.54. The van der Waals surface area contributed by atoms with Crippen LogP contribution in [0.1, 0.15) is 24.0 Å². The lowest BCUT2D eigenvalue weighted by molar-refractivity contribution is 0.748. The van der Waals surface area contributed by atoms with Crippen molar-refractivity contribution in [1.82, 2.24) is 9.97 Å². The molecule has 0 fully saturated rings. The van der Waals surface area contributed by atoms with Crippen LogP contribution in [0.2, 0.25) is 5.02 Å². The number of hydrogen-bond donors (Lipinski definition) is 2. The fourth-order valence-corrected chi connectivity index (χ4v) is 3.06. The Morgan fingerprint density at radius 1 is 1.14 bits per heavy atom. The Morgan fingerprint density at radius 3 is 2.64 bits per heavy atom. The summed E-state index contributed by atoms with van der Waals surface area (Å²) in [5.74, 6) is 0. The summed E-state index contributed by atoms with van der Waals surface area (Å²) in [6.45, 7) is 2.79. The molecule has 3 nitrogen and oxygen atoms in total. The number of aryl methyl sites for hydroxylation is 2. The first kappa shape index (κ1) is 15.1. The van der Waals surface area contributed by atoms with Crippen LogP contribution in [0.25, 0.3) is 22.2 Å². The SMILES string of the molecule is Cc1c(Cl)ccc2c(CCCCN)c(-c3ccncc3)[nH]c12.